The molecule has 0 aliphatic carbocycles. The Morgan fingerprint density at radius 2 is 1.75 bits per heavy atom. The van der Waals surface area contributed by atoms with Gasteiger partial charge in [0.05, 0.1) is 11.7 Å². The Balaban J connectivity index is 1.68. The van der Waals surface area contributed by atoms with Crippen LogP contribution in [-0.2, 0) is 4.74 Å². The topological polar surface area (TPSA) is 74.8 Å². The fourth-order valence-electron chi connectivity index (χ4n) is 3.69. The van der Waals surface area contributed by atoms with Crippen LogP contribution in [0.25, 0.3) is 39.1 Å². The zero-order valence-corrected chi connectivity index (χ0v) is 18.4. The lowest BCUT2D eigenvalue weighted by atomic mass is 10.2. The lowest BCUT2D eigenvalue weighted by Crippen LogP contribution is -2.27. The smallest absolute Gasteiger partial charge is 0.435 e. The second kappa shape index (κ2) is 7.30. The van der Waals surface area contributed by atoms with Crippen molar-refractivity contribution in [2.45, 2.75) is 33.3 Å². The molecule has 5 rings (SSSR count). The number of fused-ring (bicyclic) bond motifs is 2. The van der Waals surface area contributed by atoms with Crippen LogP contribution in [0.5, 0.6) is 0 Å². The van der Waals surface area contributed by atoms with Crippen molar-refractivity contribution in [2.24, 2.45) is 0 Å². The average Bonchev–Trinajstić information content (AvgIpc) is 3.34. The fourth-order valence-corrected chi connectivity index (χ4v) is 3.69. The van der Waals surface area contributed by atoms with E-state index in [0.717, 1.165) is 39.3 Å². The van der Waals surface area contributed by atoms with E-state index in [1.807, 2.05) is 92.9 Å². The van der Waals surface area contributed by atoms with E-state index in [2.05, 4.69) is 5.10 Å². The molecule has 0 spiro atoms. The predicted molar refractivity (Wildman–Crippen MR) is 124 cm³/mol. The number of carbonyl (C=O) groups excluding carboxylic acids is 1. The molecule has 0 atom stereocenters. The van der Waals surface area contributed by atoms with Crippen LogP contribution in [0, 0.1) is 6.92 Å². The first-order valence-electron chi connectivity index (χ1n) is 10.4. The Hall–Kier alpha value is -4.00. The molecule has 3 heterocycles. The number of imidazole rings is 1. The standard InChI is InChI=1S/C25H23N5O2/c1-16-10-12-20-23(27-16)29(22(28-20)17-8-6-5-7-9-17)19-11-13-21-18(14-19)15-26-30(21)24(31)32-25(2,3)4/h5-15H,1-4H3. The van der Waals surface area contributed by atoms with Crippen molar-refractivity contribution in [2.75, 3.05) is 0 Å². The first kappa shape index (κ1) is 19.9. The van der Waals surface area contributed by atoms with E-state index < -0.39 is 11.7 Å². The summed E-state index contributed by atoms with van der Waals surface area (Å²) >= 11 is 0. The summed E-state index contributed by atoms with van der Waals surface area (Å²) in [4.78, 5) is 22.2. The largest absolute Gasteiger partial charge is 0.442 e. The van der Waals surface area contributed by atoms with E-state index in [0.29, 0.717) is 5.52 Å². The molecule has 0 amide bonds. The van der Waals surface area contributed by atoms with Crippen molar-refractivity contribution in [3.05, 3.63) is 72.6 Å². The first-order chi connectivity index (χ1) is 15.3. The third-order valence-corrected chi connectivity index (χ3v) is 5.05. The summed E-state index contributed by atoms with van der Waals surface area (Å²) in [7, 11) is 0. The lowest BCUT2D eigenvalue weighted by Gasteiger charge is -2.19. The number of nitrogens with zero attached hydrogens (tertiary/aromatic N) is 5. The summed E-state index contributed by atoms with van der Waals surface area (Å²) in [6.45, 7) is 7.46. The lowest BCUT2D eigenvalue weighted by molar-refractivity contribution is 0.0522. The monoisotopic (exact) mass is 425 g/mol. The maximum absolute atomic E-state index is 12.6. The quantitative estimate of drug-likeness (QED) is 0.372. The Labute approximate surface area is 185 Å². The molecule has 7 heteroatoms. The number of hydrogen-bond donors (Lipinski definition) is 0. The number of pyridine rings is 1. The summed E-state index contributed by atoms with van der Waals surface area (Å²) in [5, 5.41) is 5.08. The third-order valence-electron chi connectivity index (χ3n) is 5.05. The zero-order chi connectivity index (χ0) is 22.5. The highest BCUT2D eigenvalue weighted by atomic mass is 16.6. The van der Waals surface area contributed by atoms with Gasteiger partial charge in [0.15, 0.2) is 5.65 Å². The van der Waals surface area contributed by atoms with E-state index in [4.69, 9.17) is 14.7 Å². The molecule has 32 heavy (non-hydrogen) atoms. The minimum Gasteiger partial charge on any atom is -0.442 e. The molecule has 3 aromatic heterocycles. The molecule has 0 radical (unpaired) electrons. The molecule has 7 nitrogen and oxygen atoms in total. The molecular formula is C25H23N5O2. The normalized spacial score (nSPS) is 11.9. The van der Waals surface area contributed by atoms with Crippen molar-refractivity contribution in [1.29, 1.82) is 0 Å². The van der Waals surface area contributed by atoms with E-state index in [1.165, 1.54) is 4.68 Å². The summed E-state index contributed by atoms with van der Waals surface area (Å²) in [5.41, 5.74) is 4.48. The van der Waals surface area contributed by atoms with Crippen LogP contribution in [0.15, 0.2) is 66.9 Å². The first-order valence-corrected chi connectivity index (χ1v) is 10.4. The van der Waals surface area contributed by atoms with Gasteiger partial charge in [-0.2, -0.15) is 9.78 Å². The summed E-state index contributed by atoms with van der Waals surface area (Å²) < 4.78 is 8.81. The minimum atomic E-state index is -0.598. The number of ether oxygens (including phenoxy) is 1. The maximum Gasteiger partial charge on any atom is 0.435 e. The highest BCUT2D eigenvalue weighted by molar-refractivity contribution is 5.90. The van der Waals surface area contributed by atoms with Gasteiger partial charge in [0, 0.05) is 22.3 Å². The number of rotatable bonds is 2. The number of hydrogen-bond acceptors (Lipinski definition) is 5. The molecule has 0 unspecified atom stereocenters. The number of carbonyl (C=O) groups is 1. The molecule has 0 saturated carbocycles. The second-order valence-corrected chi connectivity index (χ2v) is 8.71. The van der Waals surface area contributed by atoms with Gasteiger partial charge in [0.1, 0.15) is 16.9 Å². The van der Waals surface area contributed by atoms with Crippen LogP contribution >= 0.6 is 0 Å². The van der Waals surface area contributed by atoms with Crippen LogP contribution in [0.4, 0.5) is 4.79 Å². The molecule has 0 fully saturated rings. The summed E-state index contributed by atoms with van der Waals surface area (Å²) in [6.07, 6.45) is 1.17. The Morgan fingerprint density at radius 1 is 0.969 bits per heavy atom. The van der Waals surface area contributed by atoms with Crippen molar-refractivity contribution < 1.29 is 9.53 Å². The molecule has 0 aliphatic heterocycles. The molecular weight excluding hydrogens is 402 g/mol. The maximum atomic E-state index is 12.6. The second-order valence-electron chi connectivity index (χ2n) is 8.71. The number of benzene rings is 2. The van der Waals surface area contributed by atoms with Crippen molar-refractivity contribution >= 4 is 28.2 Å². The third kappa shape index (κ3) is 3.51. The fraction of sp³-hybridized carbons (Fsp3) is 0.200. The van der Waals surface area contributed by atoms with Gasteiger partial charge in [-0.1, -0.05) is 30.3 Å². The number of aromatic nitrogens is 5. The van der Waals surface area contributed by atoms with Gasteiger partial charge in [-0.25, -0.2) is 14.8 Å². The molecule has 0 N–H and O–H groups in total. The highest BCUT2D eigenvalue weighted by Gasteiger charge is 2.21. The van der Waals surface area contributed by atoms with Crippen LogP contribution < -0.4 is 0 Å². The van der Waals surface area contributed by atoms with Gasteiger partial charge >= 0.3 is 6.09 Å². The Morgan fingerprint density at radius 3 is 2.50 bits per heavy atom. The molecule has 5 aromatic rings. The number of aryl methyl sites for hydroxylation is 1. The molecule has 0 aliphatic rings. The van der Waals surface area contributed by atoms with Gasteiger partial charge in [-0.05, 0) is 58.0 Å². The Kier molecular flexibility index (Phi) is 4.55. The molecule has 0 saturated heterocycles. The van der Waals surface area contributed by atoms with Crippen molar-refractivity contribution in [3.8, 4) is 17.1 Å². The van der Waals surface area contributed by atoms with E-state index >= 15 is 0 Å². The van der Waals surface area contributed by atoms with E-state index in [-0.39, 0.29) is 0 Å². The van der Waals surface area contributed by atoms with Gasteiger partial charge < -0.3 is 4.74 Å². The van der Waals surface area contributed by atoms with E-state index in [1.54, 1.807) is 6.20 Å². The summed E-state index contributed by atoms with van der Waals surface area (Å²) in [5.74, 6) is 0.803. The molecule has 2 aromatic carbocycles. The van der Waals surface area contributed by atoms with Crippen LogP contribution in [-0.4, -0.2) is 36.0 Å². The van der Waals surface area contributed by atoms with E-state index in [9.17, 15) is 4.79 Å². The van der Waals surface area contributed by atoms with Crippen LogP contribution in [0.3, 0.4) is 0 Å². The molecule has 0 bridgehead atoms. The minimum absolute atomic E-state index is 0.504. The van der Waals surface area contributed by atoms with Gasteiger partial charge in [0.2, 0.25) is 0 Å². The van der Waals surface area contributed by atoms with Gasteiger partial charge in [-0.3, -0.25) is 4.57 Å². The predicted octanol–water partition coefficient (Wildman–Crippen LogP) is 5.53. The SMILES string of the molecule is Cc1ccc2nc(-c3ccccc3)n(-c3ccc4c(cnn4C(=O)OC(C)(C)C)c3)c2n1. The molecule has 160 valence electrons. The van der Waals surface area contributed by atoms with Crippen molar-refractivity contribution in [1.82, 2.24) is 24.3 Å². The Bertz CT molecular complexity index is 1460. The van der Waals surface area contributed by atoms with Crippen molar-refractivity contribution in [3.63, 3.8) is 0 Å². The zero-order valence-electron chi connectivity index (χ0n) is 18.4. The average molecular weight is 425 g/mol. The van der Waals surface area contributed by atoms with Crippen LogP contribution in [0.1, 0.15) is 26.5 Å². The van der Waals surface area contributed by atoms with Gasteiger partial charge in [-0.15, -0.1) is 0 Å². The van der Waals surface area contributed by atoms with Gasteiger partial charge in [0.25, 0.3) is 0 Å². The van der Waals surface area contributed by atoms with Crippen LogP contribution in [0.2, 0.25) is 0 Å². The highest BCUT2D eigenvalue weighted by Crippen LogP contribution is 2.29. The summed E-state index contributed by atoms with van der Waals surface area (Å²) in [6, 6.07) is 19.8.